The van der Waals surface area contributed by atoms with E-state index in [1.54, 1.807) is 31.2 Å². The fourth-order valence-corrected chi connectivity index (χ4v) is 3.54. The van der Waals surface area contributed by atoms with Gasteiger partial charge >= 0.3 is 6.18 Å². The summed E-state index contributed by atoms with van der Waals surface area (Å²) < 4.78 is 38.9. The molecule has 3 nitrogen and oxygen atoms in total. The third-order valence-electron chi connectivity index (χ3n) is 3.57. The Kier molecular flexibility index (Phi) is 4.79. The number of hydrogen-bond acceptors (Lipinski definition) is 3. The van der Waals surface area contributed by atoms with Gasteiger partial charge in [0.1, 0.15) is 5.82 Å². The molecule has 0 saturated carbocycles. The first-order valence-corrected chi connectivity index (χ1v) is 8.54. The molecule has 0 bridgehead atoms. The Balaban J connectivity index is 1.93. The van der Waals surface area contributed by atoms with Crippen molar-refractivity contribution in [2.75, 3.05) is 0 Å². The second kappa shape index (κ2) is 6.72. The predicted octanol–water partition coefficient (Wildman–Crippen LogP) is 5.45. The molecule has 0 amide bonds. The number of benzene rings is 2. The van der Waals surface area contributed by atoms with Crippen LogP contribution in [0.25, 0.3) is 10.9 Å². The van der Waals surface area contributed by atoms with E-state index >= 15 is 0 Å². The van der Waals surface area contributed by atoms with Gasteiger partial charge in [-0.3, -0.25) is 4.79 Å². The zero-order valence-electron chi connectivity index (χ0n) is 12.9. The van der Waals surface area contributed by atoms with E-state index in [9.17, 15) is 18.0 Å². The number of thioether (sulfide) groups is 1. The molecule has 25 heavy (non-hydrogen) atoms. The maximum absolute atomic E-state index is 13.0. The van der Waals surface area contributed by atoms with Crippen LogP contribution in [0.5, 0.6) is 0 Å². The average molecular weight is 385 g/mol. The largest absolute Gasteiger partial charge is 0.417 e. The summed E-state index contributed by atoms with van der Waals surface area (Å²) in [5, 5.41) is -0.226. The summed E-state index contributed by atoms with van der Waals surface area (Å²) in [6.07, 6.45) is -4.52. The SMILES string of the molecule is CC(Sc1ccc(Cl)c(C(F)(F)F)c1)c1nc2ccccc2c(=O)[nH]1. The van der Waals surface area contributed by atoms with Crippen LogP contribution in [0.1, 0.15) is 23.6 Å². The molecule has 1 N–H and O–H groups in total. The molecular formula is C17H12ClF3N2OS. The van der Waals surface area contributed by atoms with E-state index < -0.39 is 11.7 Å². The van der Waals surface area contributed by atoms with Gasteiger partial charge in [-0.05, 0) is 37.3 Å². The van der Waals surface area contributed by atoms with Gasteiger partial charge < -0.3 is 4.98 Å². The van der Waals surface area contributed by atoms with E-state index in [0.29, 0.717) is 21.6 Å². The second-order valence-electron chi connectivity index (χ2n) is 5.37. The lowest BCUT2D eigenvalue weighted by atomic mass is 10.2. The number of rotatable bonds is 3. The minimum Gasteiger partial charge on any atom is -0.309 e. The average Bonchev–Trinajstić information content (AvgIpc) is 2.55. The van der Waals surface area contributed by atoms with Gasteiger partial charge in [-0.15, -0.1) is 11.8 Å². The molecule has 0 spiro atoms. The van der Waals surface area contributed by atoms with Crippen LogP contribution in [0.2, 0.25) is 5.02 Å². The normalized spacial score (nSPS) is 13.2. The molecule has 3 aromatic rings. The summed E-state index contributed by atoms with van der Waals surface area (Å²) in [4.78, 5) is 19.6. The van der Waals surface area contributed by atoms with Gasteiger partial charge in [-0.2, -0.15) is 13.2 Å². The molecule has 2 aromatic carbocycles. The first-order chi connectivity index (χ1) is 11.8. The van der Waals surface area contributed by atoms with Gasteiger partial charge in [-0.1, -0.05) is 23.7 Å². The number of para-hydroxylation sites is 1. The number of aromatic nitrogens is 2. The Hall–Kier alpha value is -1.99. The van der Waals surface area contributed by atoms with E-state index in [0.717, 1.165) is 17.8 Å². The monoisotopic (exact) mass is 384 g/mol. The number of nitrogens with one attached hydrogen (secondary N) is 1. The zero-order valence-corrected chi connectivity index (χ0v) is 14.5. The van der Waals surface area contributed by atoms with Crippen LogP contribution in [0, 0.1) is 0 Å². The van der Waals surface area contributed by atoms with Crippen LogP contribution in [-0.4, -0.2) is 9.97 Å². The third kappa shape index (κ3) is 3.82. The summed E-state index contributed by atoms with van der Waals surface area (Å²) in [5.41, 5.74) is -0.618. The minimum absolute atomic E-state index is 0.278. The topological polar surface area (TPSA) is 45.8 Å². The maximum Gasteiger partial charge on any atom is 0.417 e. The van der Waals surface area contributed by atoms with Crippen molar-refractivity contribution in [1.29, 1.82) is 0 Å². The Labute approximate surface area is 150 Å². The molecule has 0 fully saturated rings. The molecule has 1 heterocycles. The molecule has 8 heteroatoms. The number of alkyl halides is 3. The fraction of sp³-hybridized carbons (Fsp3) is 0.176. The summed E-state index contributed by atoms with van der Waals surface area (Å²) in [7, 11) is 0. The Morgan fingerprint density at radius 1 is 1.20 bits per heavy atom. The summed E-state index contributed by atoms with van der Waals surface area (Å²) in [5.74, 6) is 0.400. The second-order valence-corrected chi connectivity index (χ2v) is 7.19. The van der Waals surface area contributed by atoms with E-state index in [2.05, 4.69) is 9.97 Å². The highest BCUT2D eigenvalue weighted by Crippen LogP contribution is 2.40. The summed E-state index contributed by atoms with van der Waals surface area (Å²) in [6, 6.07) is 10.6. The molecule has 0 aliphatic rings. The molecule has 0 aliphatic carbocycles. The van der Waals surface area contributed by atoms with E-state index in [1.165, 1.54) is 12.1 Å². The quantitative estimate of drug-likeness (QED) is 0.611. The predicted molar refractivity (Wildman–Crippen MR) is 93.1 cm³/mol. The van der Waals surface area contributed by atoms with Gasteiger partial charge in [0.15, 0.2) is 0 Å². The highest BCUT2D eigenvalue weighted by molar-refractivity contribution is 7.99. The molecule has 3 rings (SSSR count). The lowest BCUT2D eigenvalue weighted by molar-refractivity contribution is -0.137. The highest BCUT2D eigenvalue weighted by atomic mass is 35.5. The molecule has 0 saturated heterocycles. The summed E-state index contributed by atoms with van der Waals surface area (Å²) in [6.45, 7) is 1.76. The van der Waals surface area contributed by atoms with Crippen molar-refractivity contribution in [2.24, 2.45) is 0 Å². The van der Waals surface area contributed by atoms with Crippen LogP contribution >= 0.6 is 23.4 Å². The number of halogens is 4. The Morgan fingerprint density at radius 2 is 1.92 bits per heavy atom. The van der Waals surface area contributed by atoms with Crippen LogP contribution in [0.3, 0.4) is 0 Å². The zero-order chi connectivity index (χ0) is 18.2. The van der Waals surface area contributed by atoms with Crippen molar-refractivity contribution < 1.29 is 13.2 Å². The van der Waals surface area contributed by atoms with Crippen molar-refractivity contribution in [2.45, 2.75) is 23.2 Å². The van der Waals surface area contributed by atoms with Crippen LogP contribution in [0.4, 0.5) is 13.2 Å². The molecule has 1 atom stereocenters. The van der Waals surface area contributed by atoms with Gasteiger partial charge in [0.05, 0.1) is 26.7 Å². The molecule has 0 aliphatic heterocycles. The number of H-pyrrole nitrogens is 1. The minimum atomic E-state index is -4.52. The van der Waals surface area contributed by atoms with Gasteiger partial charge in [0.2, 0.25) is 0 Å². The van der Waals surface area contributed by atoms with Crippen LogP contribution in [0.15, 0.2) is 52.2 Å². The van der Waals surface area contributed by atoms with Gasteiger partial charge in [-0.25, -0.2) is 4.98 Å². The lowest BCUT2D eigenvalue weighted by Gasteiger charge is -2.14. The molecule has 1 aromatic heterocycles. The van der Waals surface area contributed by atoms with E-state index in [4.69, 9.17) is 11.6 Å². The lowest BCUT2D eigenvalue weighted by Crippen LogP contribution is -2.12. The van der Waals surface area contributed by atoms with Crippen molar-refractivity contribution in [3.05, 3.63) is 69.2 Å². The number of hydrogen-bond donors (Lipinski definition) is 1. The maximum atomic E-state index is 13.0. The Bertz CT molecular complexity index is 988. The van der Waals surface area contributed by atoms with E-state index in [-0.39, 0.29) is 15.8 Å². The number of fused-ring (bicyclic) bond motifs is 1. The third-order valence-corrected chi connectivity index (χ3v) is 5.00. The fourth-order valence-electron chi connectivity index (χ4n) is 2.35. The standard InChI is InChI=1S/C17H12ClF3N2OS/c1-9(15-22-14-5-3-2-4-11(14)16(24)23-15)25-10-6-7-13(18)12(8-10)17(19,20)21/h2-9H,1H3,(H,22,23,24). The van der Waals surface area contributed by atoms with Crippen molar-refractivity contribution in [3.63, 3.8) is 0 Å². The number of aromatic amines is 1. The van der Waals surface area contributed by atoms with E-state index in [1.807, 2.05) is 0 Å². The van der Waals surface area contributed by atoms with Gasteiger partial charge in [0.25, 0.3) is 5.56 Å². The van der Waals surface area contributed by atoms with Crippen LogP contribution < -0.4 is 5.56 Å². The van der Waals surface area contributed by atoms with Crippen molar-refractivity contribution >= 4 is 34.3 Å². The highest BCUT2D eigenvalue weighted by Gasteiger charge is 2.33. The Morgan fingerprint density at radius 3 is 2.64 bits per heavy atom. The number of nitrogens with zero attached hydrogens (tertiary/aromatic N) is 1. The molecule has 0 radical (unpaired) electrons. The van der Waals surface area contributed by atoms with Crippen molar-refractivity contribution in [3.8, 4) is 0 Å². The summed E-state index contributed by atoms with van der Waals surface area (Å²) >= 11 is 6.79. The first-order valence-electron chi connectivity index (χ1n) is 7.28. The van der Waals surface area contributed by atoms with Crippen molar-refractivity contribution in [1.82, 2.24) is 9.97 Å². The smallest absolute Gasteiger partial charge is 0.309 e. The molecule has 130 valence electrons. The van der Waals surface area contributed by atoms with Crippen LogP contribution in [-0.2, 0) is 6.18 Å². The van der Waals surface area contributed by atoms with Gasteiger partial charge in [0, 0.05) is 4.90 Å². The molecular weight excluding hydrogens is 373 g/mol. The molecule has 1 unspecified atom stereocenters. The first kappa shape index (κ1) is 17.8.